The molecule has 0 aromatic heterocycles. The molecular formula is C16H24O4. The van der Waals surface area contributed by atoms with E-state index in [0.717, 1.165) is 48.8 Å². The first-order valence-corrected chi connectivity index (χ1v) is 7.32. The molecule has 1 rings (SSSR count). The van der Waals surface area contributed by atoms with Crippen LogP contribution in [0.25, 0.3) is 0 Å². The van der Waals surface area contributed by atoms with Gasteiger partial charge in [-0.05, 0) is 30.4 Å². The Hall–Kier alpha value is -1.71. The van der Waals surface area contributed by atoms with Gasteiger partial charge in [-0.1, -0.05) is 46.1 Å². The molecule has 1 aromatic rings. The highest BCUT2D eigenvalue weighted by Gasteiger charge is 2.19. The van der Waals surface area contributed by atoms with Crippen molar-refractivity contribution >= 4 is 6.16 Å². The molecule has 0 atom stereocenters. The summed E-state index contributed by atoms with van der Waals surface area (Å²) in [7, 11) is 0. The van der Waals surface area contributed by atoms with Crippen LogP contribution < -0.4 is 4.74 Å². The number of phenolic OH excluding ortho intramolecular Hbond substituents is 1. The normalized spacial score (nSPS) is 10.6. The van der Waals surface area contributed by atoms with Gasteiger partial charge >= 0.3 is 6.16 Å². The van der Waals surface area contributed by atoms with Crippen LogP contribution in [0.2, 0.25) is 0 Å². The van der Waals surface area contributed by atoms with Crippen molar-refractivity contribution in [1.29, 1.82) is 0 Å². The lowest BCUT2D eigenvalue weighted by Gasteiger charge is -2.17. The number of benzene rings is 1. The molecule has 0 aliphatic heterocycles. The summed E-state index contributed by atoms with van der Waals surface area (Å²) in [5.74, 6) is 0.117. The van der Waals surface area contributed by atoms with E-state index in [2.05, 4.69) is 6.92 Å². The van der Waals surface area contributed by atoms with Crippen LogP contribution in [-0.4, -0.2) is 16.4 Å². The van der Waals surface area contributed by atoms with E-state index in [-0.39, 0.29) is 11.5 Å². The summed E-state index contributed by atoms with van der Waals surface area (Å²) in [5, 5.41) is 19.2. The van der Waals surface area contributed by atoms with Crippen LogP contribution in [0.15, 0.2) is 6.07 Å². The monoisotopic (exact) mass is 280 g/mol. The third kappa shape index (κ3) is 3.89. The number of carboxylic acid groups (broad SMARTS) is 1. The van der Waals surface area contributed by atoms with Gasteiger partial charge in [-0.25, -0.2) is 4.79 Å². The Morgan fingerprint density at radius 1 is 1.05 bits per heavy atom. The maximum absolute atomic E-state index is 10.8. The lowest BCUT2D eigenvalue weighted by Crippen LogP contribution is -2.08. The van der Waals surface area contributed by atoms with Gasteiger partial charge in [0, 0.05) is 5.56 Å². The van der Waals surface area contributed by atoms with Crippen molar-refractivity contribution in [1.82, 2.24) is 0 Å². The molecule has 2 N–H and O–H groups in total. The molecule has 0 saturated carbocycles. The van der Waals surface area contributed by atoms with Gasteiger partial charge in [0.05, 0.1) is 0 Å². The summed E-state index contributed by atoms with van der Waals surface area (Å²) in [6.07, 6.45) is 3.66. The van der Waals surface area contributed by atoms with E-state index in [1.165, 1.54) is 0 Å². The minimum absolute atomic E-state index is 0.00338. The summed E-state index contributed by atoms with van der Waals surface area (Å²) in [6, 6.07) is 2.00. The summed E-state index contributed by atoms with van der Waals surface area (Å²) < 4.78 is 4.82. The van der Waals surface area contributed by atoms with E-state index in [9.17, 15) is 9.90 Å². The van der Waals surface area contributed by atoms with E-state index in [1.54, 1.807) is 0 Å². The number of hydrogen-bond acceptors (Lipinski definition) is 3. The number of phenols is 1. The lowest BCUT2D eigenvalue weighted by atomic mass is 9.93. The fourth-order valence-corrected chi connectivity index (χ4v) is 2.48. The zero-order valence-corrected chi connectivity index (χ0v) is 12.5. The second kappa shape index (κ2) is 7.78. The van der Waals surface area contributed by atoms with Crippen molar-refractivity contribution in [3.05, 3.63) is 22.8 Å². The summed E-state index contributed by atoms with van der Waals surface area (Å²) in [6.45, 7) is 6.14. The highest BCUT2D eigenvalue weighted by atomic mass is 16.7. The van der Waals surface area contributed by atoms with Crippen molar-refractivity contribution in [2.45, 2.75) is 59.3 Å². The predicted octanol–water partition coefficient (Wildman–Crippen LogP) is 4.31. The Morgan fingerprint density at radius 3 is 2.10 bits per heavy atom. The molecule has 0 aliphatic rings. The number of aryl methyl sites for hydroxylation is 2. The average molecular weight is 280 g/mol. The van der Waals surface area contributed by atoms with E-state index in [0.29, 0.717) is 6.42 Å². The maximum Gasteiger partial charge on any atom is 0.511 e. The second-order valence-corrected chi connectivity index (χ2v) is 4.97. The number of aromatic hydroxyl groups is 1. The smallest absolute Gasteiger partial charge is 0.504 e. The molecule has 4 heteroatoms. The standard InChI is InChI=1S/C16H24O4/c1-4-7-11-10-12(8-5-2)15(20-16(18)19)14(17)13(11)9-6-3/h10,17H,4-9H2,1-3H3,(H,18,19). The van der Waals surface area contributed by atoms with Crippen LogP contribution in [0.3, 0.4) is 0 Å². The van der Waals surface area contributed by atoms with Crippen molar-refractivity contribution in [3.8, 4) is 11.5 Å². The van der Waals surface area contributed by atoms with Crippen LogP contribution in [-0.2, 0) is 19.3 Å². The summed E-state index contributed by atoms with van der Waals surface area (Å²) in [4.78, 5) is 10.8. The van der Waals surface area contributed by atoms with Gasteiger partial charge < -0.3 is 14.9 Å². The van der Waals surface area contributed by atoms with E-state index >= 15 is 0 Å². The minimum atomic E-state index is -1.39. The van der Waals surface area contributed by atoms with Gasteiger partial charge in [-0.2, -0.15) is 0 Å². The molecule has 0 aliphatic carbocycles. The first kappa shape index (κ1) is 16.3. The second-order valence-electron chi connectivity index (χ2n) is 4.97. The Bertz CT molecular complexity index is 466. The molecule has 0 fully saturated rings. The minimum Gasteiger partial charge on any atom is -0.504 e. The summed E-state index contributed by atoms with van der Waals surface area (Å²) >= 11 is 0. The Kier molecular flexibility index (Phi) is 6.36. The first-order chi connectivity index (χ1) is 9.54. The third-order valence-electron chi connectivity index (χ3n) is 3.26. The average Bonchev–Trinajstić information content (AvgIpc) is 2.39. The van der Waals surface area contributed by atoms with Crippen molar-refractivity contribution in [2.24, 2.45) is 0 Å². The topological polar surface area (TPSA) is 66.8 Å². The van der Waals surface area contributed by atoms with Gasteiger partial charge in [0.1, 0.15) is 0 Å². The van der Waals surface area contributed by atoms with E-state index in [1.807, 2.05) is 19.9 Å². The molecule has 0 heterocycles. The van der Waals surface area contributed by atoms with Crippen LogP contribution in [0.1, 0.15) is 56.7 Å². The van der Waals surface area contributed by atoms with Gasteiger partial charge in [0.15, 0.2) is 11.5 Å². The molecule has 1 aromatic carbocycles. The first-order valence-electron chi connectivity index (χ1n) is 7.32. The van der Waals surface area contributed by atoms with Gasteiger partial charge in [-0.3, -0.25) is 0 Å². The molecule has 112 valence electrons. The molecule has 20 heavy (non-hydrogen) atoms. The predicted molar refractivity (Wildman–Crippen MR) is 78.7 cm³/mol. The Morgan fingerprint density at radius 2 is 1.60 bits per heavy atom. The largest absolute Gasteiger partial charge is 0.511 e. The highest BCUT2D eigenvalue weighted by molar-refractivity contribution is 5.66. The van der Waals surface area contributed by atoms with Gasteiger partial charge in [0.2, 0.25) is 0 Å². The SMILES string of the molecule is CCCc1cc(CCC)c(OC(=O)O)c(O)c1CCC. The molecule has 0 amide bonds. The van der Waals surface area contributed by atoms with E-state index in [4.69, 9.17) is 9.84 Å². The zero-order valence-electron chi connectivity index (χ0n) is 12.5. The van der Waals surface area contributed by atoms with Crippen molar-refractivity contribution < 1.29 is 19.7 Å². The quantitative estimate of drug-likeness (QED) is 0.577. The molecule has 0 bridgehead atoms. The lowest BCUT2D eigenvalue weighted by molar-refractivity contribution is 0.142. The van der Waals surface area contributed by atoms with Crippen LogP contribution in [0.5, 0.6) is 11.5 Å². The molecule has 4 nitrogen and oxygen atoms in total. The van der Waals surface area contributed by atoms with Crippen LogP contribution in [0, 0.1) is 0 Å². The Labute approximate surface area is 120 Å². The third-order valence-corrected chi connectivity index (χ3v) is 3.26. The van der Waals surface area contributed by atoms with Crippen molar-refractivity contribution in [2.75, 3.05) is 0 Å². The van der Waals surface area contributed by atoms with Crippen LogP contribution >= 0.6 is 0 Å². The van der Waals surface area contributed by atoms with Crippen LogP contribution in [0.4, 0.5) is 4.79 Å². The molecule has 0 spiro atoms. The van der Waals surface area contributed by atoms with E-state index < -0.39 is 6.16 Å². The maximum atomic E-state index is 10.8. The molecular weight excluding hydrogens is 256 g/mol. The number of rotatable bonds is 7. The van der Waals surface area contributed by atoms with Crippen molar-refractivity contribution in [3.63, 3.8) is 0 Å². The fourth-order valence-electron chi connectivity index (χ4n) is 2.48. The van der Waals surface area contributed by atoms with Gasteiger partial charge in [-0.15, -0.1) is 0 Å². The zero-order chi connectivity index (χ0) is 15.1. The van der Waals surface area contributed by atoms with Gasteiger partial charge in [0.25, 0.3) is 0 Å². The molecule has 0 radical (unpaired) electrons. The number of hydrogen-bond donors (Lipinski definition) is 2. The highest BCUT2D eigenvalue weighted by Crippen LogP contribution is 2.38. The molecule has 0 saturated heterocycles. The number of carbonyl (C=O) groups is 1. The number of ether oxygens (including phenoxy) is 1. The summed E-state index contributed by atoms with van der Waals surface area (Å²) in [5.41, 5.74) is 2.70. The fraction of sp³-hybridized carbons (Fsp3) is 0.562. The Balaban J connectivity index is 3.38. The molecule has 0 unspecified atom stereocenters.